The summed E-state index contributed by atoms with van der Waals surface area (Å²) in [5.41, 5.74) is 0.973. The lowest BCUT2D eigenvalue weighted by Crippen LogP contribution is -2.51. The molecule has 176 valence electrons. The van der Waals surface area contributed by atoms with E-state index in [1.54, 1.807) is 30.0 Å². The summed E-state index contributed by atoms with van der Waals surface area (Å²) in [5, 5.41) is 15.5. The maximum atomic E-state index is 14.4. The number of piperazine rings is 1. The van der Waals surface area contributed by atoms with Gasteiger partial charge in [-0.25, -0.2) is 13.9 Å². The first-order valence-corrected chi connectivity index (χ1v) is 10.7. The lowest BCUT2D eigenvalue weighted by atomic mass is 10.1. The Balaban J connectivity index is 1.66. The predicted molar refractivity (Wildman–Crippen MR) is 120 cm³/mol. The summed E-state index contributed by atoms with van der Waals surface area (Å²) in [6.45, 7) is 3.21. The molecule has 0 unspecified atom stereocenters. The second-order valence-corrected chi connectivity index (χ2v) is 7.56. The zero-order chi connectivity index (χ0) is 24.2. The molecule has 3 aromatic rings. The van der Waals surface area contributed by atoms with Crippen molar-refractivity contribution in [2.75, 3.05) is 32.8 Å². The van der Waals surface area contributed by atoms with E-state index in [2.05, 4.69) is 5.10 Å². The molecule has 2 heterocycles. The largest absolute Gasteiger partial charge is 0.450 e. The van der Waals surface area contributed by atoms with E-state index in [1.807, 2.05) is 0 Å². The van der Waals surface area contributed by atoms with Crippen molar-refractivity contribution >= 4 is 17.7 Å². The zero-order valence-corrected chi connectivity index (χ0v) is 18.4. The van der Waals surface area contributed by atoms with Crippen LogP contribution in [0.3, 0.4) is 0 Å². The molecule has 4 rings (SSSR count). The van der Waals surface area contributed by atoms with E-state index in [-0.39, 0.29) is 48.2 Å². The normalized spacial score (nSPS) is 13.6. The number of carbonyl (C=O) groups excluding carboxylic acids is 2. The maximum Gasteiger partial charge on any atom is 0.409 e. The van der Waals surface area contributed by atoms with Gasteiger partial charge in [-0.3, -0.25) is 14.9 Å². The molecule has 0 radical (unpaired) electrons. The summed E-state index contributed by atoms with van der Waals surface area (Å²) in [6.07, 6.45) is -0.424. The molecule has 1 aliphatic heterocycles. The van der Waals surface area contributed by atoms with Gasteiger partial charge in [0.25, 0.3) is 11.6 Å². The highest BCUT2D eigenvalue weighted by Gasteiger charge is 2.28. The lowest BCUT2D eigenvalue weighted by molar-refractivity contribution is -0.384. The van der Waals surface area contributed by atoms with Gasteiger partial charge < -0.3 is 14.5 Å². The van der Waals surface area contributed by atoms with Crippen LogP contribution in [0.25, 0.3) is 16.9 Å². The highest BCUT2D eigenvalue weighted by Crippen LogP contribution is 2.26. The number of nitro benzene ring substituents is 1. The Kier molecular flexibility index (Phi) is 6.53. The number of aromatic nitrogens is 2. The fraction of sp³-hybridized carbons (Fsp3) is 0.261. The van der Waals surface area contributed by atoms with Crippen LogP contribution >= 0.6 is 0 Å². The number of amides is 2. The van der Waals surface area contributed by atoms with E-state index >= 15 is 0 Å². The Morgan fingerprint density at radius 1 is 1.06 bits per heavy atom. The molecule has 1 aliphatic rings. The first kappa shape index (κ1) is 22.9. The van der Waals surface area contributed by atoms with Gasteiger partial charge >= 0.3 is 6.09 Å². The minimum Gasteiger partial charge on any atom is -0.450 e. The van der Waals surface area contributed by atoms with Crippen molar-refractivity contribution in [1.82, 2.24) is 19.6 Å². The van der Waals surface area contributed by atoms with E-state index in [9.17, 15) is 24.1 Å². The molecule has 2 aromatic carbocycles. The fourth-order valence-electron chi connectivity index (χ4n) is 3.72. The number of nitrogens with zero attached hydrogens (tertiary/aromatic N) is 5. The van der Waals surface area contributed by atoms with Gasteiger partial charge in [0.2, 0.25) is 0 Å². The quantitative estimate of drug-likeness (QED) is 0.420. The molecule has 1 fully saturated rings. The maximum absolute atomic E-state index is 14.4. The van der Waals surface area contributed by atoms with Gasteiger partial charge in [-0.05, 0) is 37.3 Å². The summed E-state index contributed by atoms with van der Waals surface area (Å²) in [6, 6.07) is 13.2. The average molecular weight is 467 g/mol. The molecule has 34 heavy (non-hydrogen) atoms. The summed E-state index contributed by atoms with van der Waals surface area (Å²) in [4.78, 5) is 39.0. The van der Waals surface area contributed by atoms with E-state index in [4.69, 9.17) is 4.74 Å². The number of ether oxygens (including phenoxy) is 1. The standard InChI is InChI=1S/C23H22FN5O5/c1-2-34-23(31)27-13-11-26(12-14-27)22(30)21-15-20(18-5-3-4-6-19(18)24)25-28(21)16-7-9-17(10-8-16)29(32)33/h3-10,15H,2,11-14H2,1H3. The Labute approximate surface area is 194 Å². The molecular formula is C23H22FN5O5. The van der Waals surface area contributed by atoms with Crippen molar-refractivity contribution in [1.29, 1.82) is 0 Å². The summed E-state index contributed by atoms with van der Waals surface area (Å²) >= 11 is 0. The topological polar surface area (TPSA) is 111 Å². The number of rotatable bonds is 5. The number of nitro groups is 1. The lowest BCUT2D eigenvalue weighted by Gasteiger charge is -2.34. The second-order valence-electron chi connectivity index (χ2n) is 7.56. The Morgan fingerprint density at radius 3 is 2.32 bits per heavy atom. The van der Waals surface area contributed by atoms with Gasteiger partial charge in [0, 0.05) is 43.9 Å². The van der Waals surface area contributed by atoms with Crippen molar-refractivity contribution in [3.05, 3.63) is 76.2 Å². The summed E-state index contributed by atoms with van der Waals surface area (Å²) in [7, 11) is 0. The van der Waals surface area contributed by atoms with Gasteiger partial charge in [0.1, 0.15) is 11.5 Å². The molecule has 0 saturated carbocycles. The van der Waals surface area contributed by atoms with Crippen LogP contribution in [0.1, 0.15) is 17.4 Å². The van der Waals surface area contributed by atoms with Crippen LogP contribution in [0.2, 0.25) is 0 Å². The van der Waals surface area contributed by atoms with Gasteiger partial charge in [0.15, 0.2) is 0 Å². The third-order valence-corrected chi connectivity index (χ3v) is 5.48. The third-order valence-electron chi connectivity index (χ3n) is 5.48. The number of hydrogen-bond acceptors (Lipinski definition) is 6. The Morgan fingerprint density at radius 2 is 1.71 bits per heavy atom. The van der Waals surface area contributed by atoms with Crippen LogP contribution in [0.5, 0.6) is 0 Å². The molecule has 0 spiro atoms. The third kappa shape index (κ3) is 4.58. The molecule has 1 aromatic heterocycles. The van der Waals surface area contributed by atoms with Crippen LogP contribution in [0.4, 0.5) is 14.9 Å². The molecule has 10 nitrogen and oxygen atoms in total. The predicted octanol–water partition coefficient (Wildman–Crippen LogP) is 3.50. The smallest absolute Gasteiger partial charge is 0.409 e. The minimum atomic E-state index is -0.521. The number of carbonyl (C=O) groups is 2. The van der Waals surface area contributed by atoms with Gasteiger partial charge in [-0.1, -0.05) is 12.1 Å². The fourth-order valence-corrected chi connectivity index (χ4v) is 3.72. The summed E-state index contributed by atoms with van der Waals surface area (Å²) < 4.78 is 20.8. The zero-order valence-electron chi connectivity index (χ0n) is 18.4. The molecule has 0 N–H and O–H groups in total. The highest BCUT2D eigenvalue weighted by molar-refractivity contribution is 5.94. The summed E-state index contributed by atoms with van der Waals surface area (Å²) in [5.74, 6) is -0.838. The van der Waals surface area contributed by atoms with Crippen LogP contribution in [-0.2, 0) is 4.74 Å². The van der Waals surface area contributed by atoms with Crippen LogP contribution in [-0.4, -0.2) is 69.3 Å². The van der Waals surface area contributed by atoms with Crippen molar-refractivity contribution in [3.63, 3.8) is 0 Å². The van der Waals surface area contributed by atoms with Crippen molar-refractivity contribution in [2.24, 2.45) is 0 Å². The molecular weight excluding hydrogens is 445 g/mol. The molecule has 1 saturated heterocycles. The monoisotopic (exact) mass is 467 g/mol. The number of hydrogen-bond donors (Lipinski definition) is 0. The average Bonchev–Trinajstić information content (AvgIpc) is 3.29. The first-order valence-electron chi connectivity index (χ1n) is 10.7. The van der Waals surface area contributed by atoms with Crippen LogP contribution in [0.15, 0.2) is 54.6 Å². The number of halogens is 1. The van der Waals surface area contributed by atoms with E-state index in [0.29, 0.717) is 18.8 Å². The molecule has 0 bridgehead atoms. The molecule has 11 heteroatoms. The first-order chi connectivity index (χ1) is 16.4. The second kappa shape index (κ2) is 9.69. The molecule has 2 amide bonds. The van der Waals surface area contributed by atoms with Gasteiger partial charge in [-0.15, -0.1) is 0 Å². The minimum absolute atomic E-state index is 0.104. The van der Waals surface area contributed by atoms with Gasteiger partial charge in [0.05, 0.1) is 22.9 Å². The van der Waals surface area contributed by atoms with E-state index in [1.165, 1.54) is 46.0 Å². The van der Waals surface area contributed by atoms with E-state index < -0.39 is 16.8 Å². The van der Waals surface area contributed by atoms with Crippen LogP contribution < -0.4 is 0 Å². The van der Waals surface area contributed by atoms with Crippen molar-refractivity contribution < 1.29 is 23.6 Å². The van der Waals surface area contributed by atoms with Crippen molar-refractivity contribution in [2.45, 2.75) is 6.92 Å². The Hall–Kier alpha value is -4.28. The highest BCUT2D eigenvalue weighted by atomic mass is 19.1. The Bertz CT molecular complexity index is 1220. The SMILES string of the molecule is CCOC(=O)N1CCN(C(=O)c2cc(-c3ccccc3F)nn2-c2ccc([N+](=O)[O-])cc2)CC1. The molecule has 0 atom stereocenters. The van der Waals surface area contributed by atoms with E-state index in [0.717, 1.165) is 0 Å². The number of non-ortho nitro benzene ring substituents is 1. The van der Waals surface area contributed by atoms with Gasteiger partial charge in [-0.2, -0.15) is 5.10 Å². The van der Waals surface area contributed by atoms with Crippen molar-refractivity contribution in [3.8, 4) is 16.9 Å². The van der Waals surface area contributed by atoms with Crippen LogP contribution in [0, 0.1) is 15.9 Å². The molecule has 0 aliphatic carbocycles. The number of benzene rings is 2.